The fourth-order valence-corrected chi connectivity index (χ4v) is 2.44. The Labute approximate surface area is 162 Å². The number of rotatable bonds is 9. The molecule has 0 amide bonds. The molecule has 1 aromatic carbocycles. The first-order valence-electron chi connectivity index (χ1n) is 9.64. The van der Waals surface area contributed by atoms with Crippen LogP contribution in [0.3, 0.4) is 0 Å². The summed E-state index contributed by atoms with van der Waals surface area (Å²) in [7, 11) is 0. The molecule has 0 radical (unpaired) electrons. The van der Waals surface area contributed by atoms with Crippen LogP contribution >= 0.6 is 0 Å². The lowest BCUT2D eigenvalue weighted by Crippen LogP contribution is -2.38. The molecule has 0 bridgehead atoms. The molecular weight excluding hydrogens is 340 g/mol. The van der Waals surface area contributed by atoms with Gasteiger partial charge >= 0.3 is 0 Å². The van der Waals surface area contributed by atoms with Crippen LogP contribution in [-0.2, 0) is 13.0 Å². The summed E-state index contributed by atoms with van der Waals surface area (Å²) in [6.45, 7) is 13.0. The molecule has 6 nitrogen and oxygen atoms in total. The summed E-state index contributed by atoms with van der Waals surface area (Å²) in [5, 5.41) is 6.60. The first kappa shape index (κ1) is 20.8. The zero-order valence-corrected chi connectivity index (χ0v) is 17.1. The maximum Gasteiger partial charge on any atom is 0.216 e. The fraction of sp³-hybridized carbons (Fsp3) is 0.524. The van der Waals surface area contributed by atoms with Crippen LogP contribution in [0.5, 0.6) is 5.75 Å². The number of aliphatic imine (C=N–C) groups is 1. The van der Waals surface area contributed by atoms with E-state index >= 15 is 0 Å². The van der Waals surface area contributed by atoms with Crippen molar-refractivity contribution in [1.82, 2.24) is 15.6 Å². The van der Waals surface area contributed by atoms with Crippen molar-refractivity contribution in [2.45, 2.75) is 47.6 Å². The lowest BCUT2D eigenvalue weighted by Gasteiger charge is -2.12. The van der Waals surface area contributed by atoms with Gasteiger partial charge in [0, 0.05) is 13.1 Å². The Balaban J connectivity index is 1.82. The number of aromatic nitrogens is 1. The zero-order valence-electron chi connectivity index (χ0n) is 17.1. The minimum absolute atomic E-state index is 0.423. The molecule has 0 unspecified atom stereocenters. The first-order valence-corrected chi connectivity index (χ1v) is 9.64. The SMILES string of the molecule is CCNC(=NCc1nc(C)c(C)o1)NCCc1ccc(OCC(C)C)cc1. The Kier molecular flexibility index (Phi) is 8.17. The minimum Gasteiger partial charge on any atom is -0.493 e. The van der Waals surface area contributed by atoms with E-state index in [1.165, 1.54) is 5.56 Å². The normalized spacial score (nSPS) is 11.7. The average Bonchev–Trinajstić information content (AvgIpc) is 2.96. The monoisotopic (exact) mass is 372 g/mol. The Bertz CT molecular complexity index is 701. The van der Waals surface area contributed by atoms with Crippen molar-refractivity contribution in [3.63, 3.8) is 0 Å². The van der Waals surface area contributed by atoms with Gasteiger partial charge in [0.2, 0.25) is 5.89 Å². The van der Waals surface area contributed by atoms with Gasteiger partial charge in [-0.3, -0.25) is 0 Å². The van der Waals surface area contributed by atoms with Gasteiger partial charge < -0.3 is 19.8 Å². The van der Waals surface area contributed by atoms with E-state index in [1.807, 2.05) is 32.9 Å². The highest BCUT2D eigenvalue weighted by Crippen LogP contribution is 2.13. The maximum atomic E-state index is 5.72. The van der Waals surface area contributed by atoms with Crippen LogP contribution in [0.2, 0.25) is 0 Å². The fourth-order valence-electron chi connectivity index (χ4n) is 2.44. The highest BCUT2D eigenvalue weighted by Gasteiger charge is 2.05. The summed E-state index contributed by atoms with van der Waals surface area (Å²) in [4.78, 5) is 8.91. The van der Waals surface area contributed by atoms with Crippen LogP contribution in [-0.4, -0.2) is 30.6 Å². The van der Waals surface area contributed by atoms with Gasteiger partial charge in [0.05, 0.1) is 12.3 Å². The standard InChI is InChI=1S/C21H32N4O2/c1-6-22-21(24-13-20-25-16(4)17(5)27-20)23-12-11-18-7-9-19(10-8-18)26-14-15(2)3/h7-10,15H,6,11-14H2,1-5H3,(H2,22,23,24). The van der Waals surface area contributed by atoms with Crippen molar-refractivity contribution < 1.29 is 9.15 Å². The van der Waals surface area contributed by atoms with Gasteiger partial charge in [-0.05, 0) is 50.8 Å². The molecule has 2 aromatic rings. The number of ether oxygens (including phenoxy) is 1. The van der Waals surface area contributed by atoms with Gasteiger partial charge in [0.15, 0.2) is 5.96 Å². The van der Waals surface area contributed by atoms with Crippen LogP contribution in [0.15, 0.2) is 33.7 Å². The molecule has 27 heavy (non-hydrogen) atoms. The van der Waals surface area contributed by atoms with E-state index in [9.17, 15) is 0 Å². The molecule has 6 heteroatoms. The van der Waals surface area contributed by atoms with Gasteiger partial charge in [-0.2, -0.15) is 0 Å². The molecule has 0 aliphatic rings. The van der Waals surface area contributed by atoms with E-state index < -0.39 is 0 Å². The van der Waals surface area contributed by atoms with Crippen molar-refractivity contribution >= 4 is 5.96 Å². The number of hydrogen-bond donors (Lipinski definition) is 2. The van der Waals surface area contributed by atoms with E-state index in [0.29, 0.717) is 18.4 Å². The molecule has 1 heterocycles. The molecular formula is C21H32N4O2. The van der Waals surface area contributed by atoms with Gasteiger partial charge in [0.1, 0.15) is 18.1 Å². The number of benzene rings is 1. The summed E-state index contributed by atoms with van der Waals surface area (Å²) >= 11 is 0. The third-order valence-electron chi connectivity index (χ3n) is 4.00. The second-order valence-corrected chi connectivity index (χ2v) is 6.97. The lowest BCUT2D eigenvalue weighted by atomic mass is 10.1. The molecule has 0 aliphatic carbocycles. The summed E-state index contributed by atoms with van der Waals surface area (Å²) in [6.07, 6.45) is 0.909. The van der Waals surface area contributed by atoms with E-state index in [1.54, 1.807) is 0 Å². The van der Waals surface area contributed by atoms with Crippen molar-refractivity contribution in [3.05, 3.63) is 47.2 Å². The van der Waals surface area contributed by atoms with Crippen LogP contribution in [0.4, 0.5) is 0 Å². The van der Waals surface area contributed by atoms with Crippen LogP contribution in [0.1, 0.15) is 43.7 Å². The van der Waals surface area contributed by atoms with Gasteiger partial charge in [0.25, 0.3) is 0 Å². The molecule has 0 saturated carbocycles. The van der Waals surface area contributed by atoms with Crippen molar-refractivity contribution in [3.8, 4) is 5.75 Å². The quantitative estimate of drug-likeness (QED) is 0.520. The van der Waals surface area contributed by atoms with Crippen molar-refractivity contribution in [2.75, 3.05) is 19.7 Å². The van der Waals surface area contributed by atoms with Crippen molar-refractivity contribution in [2.24, 2.45) is 10.9 Å². The molecule has 2 rings (SSSR count). The highest BCUT2D eigenvalue weighted by atomic mass is 16.5. The summed E-state index contributed by atoms with van der Waals surface area (Å²) in [6, 6.07) is 8.29. The number of aryl methyl sites for hydroxylation is 2. The van der Waals surface area contributed by atoms with Crippen molar-refractivity contribution in [1.29, 1.82) is 0 Å². The summed E-state index contributed by atoms with van der Waals surface area (Å²) in [5.74, 6) is 3.70. The predicted octanol–water partition coefficient (Wildman–Crippen LogP) is 3.62. The largest absolute Gasteiger partial charge is 0.493 e. The molecule has 0 spiro atoms. The molecule has 0 aliphatic heterocycles. The summed E-state index contributed by atoms with van der Waals surface area (Å²) in [5.41, 5.74) is 2.17. The number of hydrogen-bond acceptors (Lipinski definition) is 4. The van der Waals surface area contributed by atoms with E-state index in [-0.39, 0.29) is 0 Å². The number of nitrogens with zero attached hydrogens (tertiary/aromatic N) is 2. The second-order valence-electron chi connectivity index (χ2n) is 6.97. The van der Waals surface area contributed by atoms with E-state index in [4.69, 9.17) is 9.15 Å². The van der Waals surface area contributed by atoms with Gasteiger partial charge in [-0.15, -0.1) is 0 Å². The van der Waals surface area contributed by atoms with E-state index in [0.717, 1.165) is 49.3 Å². The zero-order chi connectivity index (χ0) is 19.6. The lowest BCUT2D eigenvalue weighted by molar-refractivity contribution is 0.271. The predicted molar refractivity (Wildman–Crippen MR) is 109 cm³/mol. The van der Waals surface area contributed by atoms with Crippen LogP contribution in [0, 0.1) is 19.8 Å². The van der Waals surface area contributed by atoms with Gasteiger partial charge in [-0.25, -0.2) is 9.98 Å². The second kappa shape index (κ2) is 10.6. The summed E-state index contributed by atoms with van der Waals surface area (Å²) < 4.78 is 11.3. The molecule has 0 saturated heterocycles. The minimum atomic E-state index is 0.423. The van der Waals surface area contributed by atoms with Gasteiger partial charge in [-0.1, -0.05) is 26.0 Å². The van der Waals surface area contributed by atoms with Crippen LogP contribution in [0.25, 0.3) is 0 Å². The third kappa shape index (κ3) is 7.33. The molecule has 1 aromatic heterocycles. The van der Waals surface area contributed by atoms with Crippen LogP contribution < -0.4 is 15.4 Å². The number of oxazole rings is 1. The Morgan fingerprint density at radius 3 is 2.52 bits per heavy atom. The third-order valence-corrected chi connectivity index (χ3v) is 4.00. The molecule has 0 fully saturated rings. The Hall–Kier alpha value is -2.50. The highest BCUT2D eigenvalue weighted by molar-refractivity contribution is 5.79. The molecule has 148 valence electrons. The topological polar surface area (TPSA) is 71.7 Å². The molecule has 2 N–H and O–H groups in total. The average molecular weight is 373 g/mol. The Morgan fingerprint density at radius 1 is 1.19 bits per heavy atom. The first-order chi connectivity index (χ1) is 13.0. The van der Waals surface area contributed by atoms with E-state index in [2.05, 4.69) is 46.6 Å². The molecule has 0 atom stereocenters. The number of nitrogens with one attached hydrogen (secondary N) is 2. The number of guanidine groups is 1. The maximum absolute atomic E-state index is 5.72. The smallest absolute Gasteiger partial charge is 0.216 e. The Morgan fingerprint density at radius 2 is 1.93 bits per heavy atom.